The van der Waals surface area contributed by atoms with Crippen LogP contribution in [-0.4, -0.2) is 0 Å². The van der Waals surface area contributed by atoms with E-state index in [2.05, 4.69) is 441 Å². The number of hydrogen-bond donors (Lipinski definition) is 0. The van der Waals surface area contributed by atoms with Crippen molar-refractivity contribution in [2.45, 2.75) is 0 Å². The molecule has 0 N–H and O–H groups in total. The lowest BCUT2D eigenvalue weighted by Gasteiger charge is -2.31. The molecule has 0 atom stereocenters. The molecule has 116 heavy (non-hydrogen) atoms. The van der Waals surface area contributed by atoms with Gasteiger partial charge in [-0.2, -0.15) is 0 Å². The van der Waals surface area contributed by atoms with Crippen LogP contribution in [0, 0.1) is 0 Å². The Morgan fingerprint density at radius 1 is 0.147 bits per heavy atom. The van der Waals surface area contributed by atoms with Crippen LogP contribution in [0.15, 0.2) is 446 Å². The van der Waals surface area contributed by atoms with E-state index < -0.39 is 0 Å². The molecule has 2 aromatic heterocycles. The normalized spacial score (nSPS) is 11.6. The maximum absolute atomic E-state index is 6.75. The second-order valence-corrected chi connectivity index (χ2v) is 30.0. The molecule has 542 valence electrons. The maximum Gasteiger partial charge on any atom is 0.136 e. The monoisotopic (exact) mass is 1480 g/mol. The van der Waals surface area contributed by atoms with Gasteiger partial charge >= 0.3 is 0 Å². The summed E-state index contributed by atoms with van der Waals surface area (Å²) in [5.74, 6) is 0. The van der Waals surface area contributed by atoms with Gasteiger partial charge in [0, 0.05) is 55.3 Å². The molecule has 0 fully saturated rings. The number of benzene rings is 20. The van der Waals surface area contributed by atoms with E-state index in [1.165, 1.54) is 54.6 Å². The standard InChI is InChI=1S/C112H72N2O2/c1-4-33-85-74(25-1)28-18-42-87(85)77-59-57-73(58-60-77)80-31-17-32-84(71-80)113(104-51-13-10-39-98(104)100-49-23-55-109-111(100)102-40-11-15-53-107(102)115-109)82-66-61-79(62-67-82)90-44-21-48-94-91(45-22-47-92(90)94)81-65-70-99(101-50-24-56-110-112(101)103-41-12-16-54-108(103)116-110)106(72-81)114(83-68-63-78(64-69-83)88-43-19-29-75-26-2-5-34-86(75)88)105-52-14-9-38-97(105)96-37-8-7-36-95(96)93-46-20-30-76-27-3-6-35-89(76)93/h1-72H. The van der Waals surface area contributed by atoms with Gasteiger partial charge in [-0.3, -0.25) is 0 Å². The number of anilines is 6. The van der Waals surface area contributed by atoms with Gasteiger partial charge in [-0.15, -0.1) is 0 Å². The van der Waals surface area contributed by atoms with E-state index in [1.807, 2.05) is 6.07 Å². The average molecular weight is 1480 g/mol. The van der Waals surface area contributed by atoms with Crippen LogP contribution >= 0.6 is 0 Å². The van der Waals surface area contributed by atoms with Crippen molar-refractivity contribution in [3.63, 3.8) is 0 Å². The zero-order chi connectivity index (χ0) is 76.6. The van der Waals surface area contributed by atoms with Crippen LogP contribution in [0.1, 0.15) is 0 Å². The molecule has 4 nitrogen and oxygen atoms in total. The molecule has 0 bridgehead atoms. The lowest BCUT2D eigenvalue weighted by atomic mass is 9.89. The molecule has 0 radical (unpaired) electrons. The first-order chi connectivity index (χ1) is 57.5. The van der Waals surface area contributed by atoms with E-state index in [4.69, 9.17) is 8.83 Å². The lowest BCUT2D eigenvalue weighted by molar-refractivity contribution is 0.668. The predicted octanol–water partition coefficient (Wildman–Crippen LogP) is 32.0. The van der Waals surface area contributed by atoms with Gasteiger partial charge in [-0.05, 0) is 205 Å². The van der Waals surface area contributed by atoms with Crippen LogP contribution in [0.4, 0.5) is 34.1 Å². The topological polar surface area (TPSA) is 32.8 Å². The van der Waals surface area contributed by atoms with Crippen molar-refractivity contribution in [3.05, 3.63) is 437 Å². The maximum atomic E-state index is 6.75. The third kappa shape index (κ3) is 11.7. The minimum absolute atomic E-state index is 0.836. The Balaban J connectivity index is 0.703. The van der Waals surface area contributed by atoms with Crippen LogP contribution in [0.3, 0.4) is 0 Å². The van der Waals surface area contributed by atoms with Gasteiger partial charge in [0.2, 0.25) is 0 Å². The molecule has 22 aromatic rings. The highest BCUT2D eigenvalue weighted by atomic mass is 16.3. The second-order valence-electron chi connectivity index (χ2n) is 30.0. The smallest absolute Gasteiger partial charge is 0.136 e. The largest absolute Gasteiger partial charge is 0.456 e. The van der Waals surface area contributed by atoms with Crippen molar-refractivity contribution in [1.29, 1.82) is 0 Å². The van der Waals surface area contributed by atoms with E-state index in [9.17, 15) is 0 Å². The molecule has 4 heteroatoms. The van der Waals surface area contributed by atoms with E-state index >= 15 is 0 Å². The Morgan fingerprint density at radius 3 is 1.01 bits per heavy atom. The summed E-state index contributed by atoms with van der Waals surface area (Å²) in [7, 11) is 0. The molecule has 0 spiro atoms. The number of fused-ring (bicyclic) bond motifs is 10. The quantitative estimate of drug-likeness (QED) is 0.102. The highest BCUT2D eigenvalue weighted by Gasteiger charge is 2.27. The minimum atomic E-state index is 0.836. The zero-order valence-corrected chi connectivity index (χ0v) is 63.3. The van der Waals surface area contributed by atoms with Crippen LogP contribution in [0.5, 0.6) is 0 Å². The van der Waals surface area contributed by atoms with E-state index in [0.717, 1.165) is 167 Å². The van der Waals surface area contributed by atoms with Crippen LogP contribution in [0.25, 0.3) is 187 Å². The summed E-state index contributed by atoms with van der Waals surface area (Å²) in [5.41, 5.74) is 29.9. The molecule has 0 unspecified atom stereocenters. The van der Waals surface area contributed by atoms with Gasteiger partial charge < -0.3 is 18.6 Å². The Kier molecular flexibility index (Phi) is 16.6. The summed E-state index contributed by atoms with van der Waals surface area (Å²) in [6.45, 7) is 0. The zero-order valence-electron chi connectivity index (χ0n) is 63.3. The summed E-state index contributed by atoms with van der Waals surface area (Å²) >= 11 is 0. The van der Waals surface area contributed by atoms with E-state index in [1.54, 1.807) is 0 Å². The molecule has 2 heterocycles. The fourth-order valence-corrected chi connectivity index (χ4v) is 18.2. The van der Waals surface area contributed by atoms with Gasteiger partial charge in [0.25, 0.3) is 0 Å². The van der Waals surface area contributed by atoms with Crippen molar-refractivity contribution in [1.82, 2.24) is 0 Å². The van der Waals surface area contributed by atoms with Crippen molar-refractivity contribution >= 4 is 121 Å². The molecule has 0 saturated heterocycles. The fraction of sp³-hybridized carbons (Fsp3) is 0. The molecule has 20 aromatic carbocycles. The molecule has 0 amide bonds. The number of hydrogen-bond acceptors (Lipinski definition) is 4. The van der Waals surface area contributed by atoms with Crippen molar-refractivity contribution in [2.75, 3.05) is 9.80 Å². The molecule has 0 aliphatic heterocycles. The SMILES string of the molecule is c1cc(-c2ccc(-c3cccc4ccccc34)cc2)cc(N(c2ccc(-c3cccc4c(-c5ccc(-c6cccc7oc8ccccc8c67)c(N(c6ccc(-c7cccc8ccccc78)cc6)c6ccccc6-c6ccccc6-c6cccc7ccccc67)c5)cccc34)cc2)c2ccccc2-c2cccc3oc4ccccc4c23)c1. The Morgan fingerprint density at radius 2 is 0.466 bits per heavy atom. The van der Waals surface area contributed by atoms with Crippen LogP contribution in [-0.2, 0) is 0 Å². The highest BCUT2D eigenvalue weighted by molar-refractivity contribution is 6.17. The average Bonchev–Trinajstić information content (AvgIpc) is 1.29. The Bertz CT molecular complexity index is 7580. The van der Waals surface area contributed by atoms with E-state index in [0.29, 0.717) is 0 Å². The number of nitrogens with zero attached hydrogens (tertiary/aromatic N) is 2. The number of rotatable bonds is 15. The summed E-state index contributed by atoms with van der Waals surface area (Å²) in [6.07, 6.45) is 0. The van der Waals surface area contributed by atoms with Gasteiger partial charge in [-0.1, -0.05) is 358 Å². The first-order valence-electron chi connectivity index (χ1n) is 39.8. The van der Waals surface area contributed by atoms with E-state index in [-0.39, 0.29) is 0 Å². The summed E-state index contributed by atoms with van der Waals surface area (Å²) < 4.78 is 13.3. The molecule has 0 aliphatic rings. The summed E-state index contributed by atoms with van der Waals surface area (Å²) in [4.78, 5) is 4.94. The molecule has 0 aliphatic carbocycles. The Labute approximate surface area is 672 Å². The Hall–Kier alpha value is -15.4. The highest BCUT2D eigenvalue weighted by Crippen LogP contribution is 2.53. The van der Waals surface area contributed by atoms with Crippen molar-refractivity contribution < 1.29 is 8.83 Å². The van der Waals surface area contributed by atoms with Crippen molar-refractivity contribution in [3.8, 4) is 100 Å². The summed E-state index contributed by atoms with van der Waals surface area (Å²) in [6, 6.07) is 160. The van der Waals surface area contributed by atoms with Gasteiger partial charge in [-0.25, -0.2) is 0 Å². The molecular formula is C112H72N2O2. The predicted molar refractivity (Wildman–Crippen MR) is 489 cm³/mol. The second kappa shape index (κ2) is 28.4. The third-order valence-electron chi connectivity index (χ3n) is 23.5. The summed E-state index contributed by atoms with van der Waals surface area (Å²) in [5, 5.41) is 13.9. The van der Waals surface area contributed by atoms with Gasteiger partial charge in [0.1, 0.15) is 22.3 Å². The van der Waals surface area contributed by atoms with Gasteiger partial charge in [0.05, 0.1) is 17.1 Å². The van der Waals surface area contributed by atoms with Crippen molar-refractivity contribution in [2.24, 2.45) is 0 Å². The van der Waals surface area contributed by atoms with Gasteiger partial charge in [0.15, 0.2) is 0 Å². The number of furan rings is 2. The third-order valence-corrected chi connectivity index (χ3v) is 23.5. The number of para-hydroxylation sites is 4. The first-order valence-corrected chi connectivity index (χ1v) is 39.8. The van der Waals surface area contributed by atoms with Crippen LogP contribution < -0.4 is 9.80 Å². The molecular weight excluding hydrogens is 1410 g/mol. The minimum Gasteiger partial charge on any atom is -0.456 e. The van der Waals surface area contributed by atoms with Crippen LogP contribution in [0.2, 0.25) is 0 Å². The molecule has 22 rings (SSSR count). The fourth-order valence-electron chi connectivity index (χ4n) is 18.2. The first kappa shape index (κ1) is 67.5. The lowest BCUT2D eigenvalue weighted by Crippen LogP contribution is -2.13. The molecule has 0 saturated carbocycles.